The molecule has 0 aliphatic heterocycles. The number of ether oxygens (including phenoxy) is 2. The summed E-state index contributed by atoms with van der Waals surface area (Å²) in [5.41, 5.74) is 1.68. The van der Waals surface area contributed by atoms with Gasteiger partial charge in [-0.05, 0) is 56.3 Å². The molecule has 0 atom stereocenters. The van der Waals surface area contributed by atoms with Gasteiger partial charge in [0.1, 0.15) is 5.75 Å². The van der Waals surface area contributed by atoms with Crippen LogP contribution in [0.4, 0.5) is 13.2 Å². The number of aromatic nitrogens is 1. The molecule has 34 heavy (non-hydrogen) atoms. The van der Waals surface area contributed by atoms with Crippen molar-refractivity contribution in [1.29, 1.82) is 0 Å². The number of aryl methyl sites for hydroxylation is 1. The fraction of sp³-hybridized carbons (Fsp3) is 0.217. The second-order valence-electron chi connectivity index (χ2n) is 7.43. The first-order valence-corrected chi connectivity index (χ1v) is 11.7. The first kappa shape index (κ1) is 25.0. The lowest BCUT2D eigenvalue weighted by atomic mass is 10.1. The molecule has 0 aliphatic carbocycles. The van der Waals surface area contributed by atoms with E-state index < -0.39 is 34.6 Å². The normalized spacial score (nSPS) is 11.8. The predicted molar refractivity (Wildman–Crippen MR) is 116 cm³/mol. The van der Waals surface area contributed by atoms with E-state index in [1.54, 1.807) is 24.5 Å². The summed E-state index contributed by atoms with van der Waals surface area (Å²) in [5, 5.41) is 0. The fourth-order valence-corrected chi connectivity index (χ4v) is 4.36. The molecule has 0 amide bonds. The lowest BCUT2D eigenvalue weighted by Crippen LogP contribution is -2.17. The zero-order chi connectivity index (χ0) is 25.3. The van der Waals surface area contributed by atoms with Crippen LogP contribution in [0.2, 0.25) is 0 Å². The van der Waals surface area contributed by atoms with E-state index in [-0.39, 0.29) is 21.8 Å². The van der Waals surface area contributed by atoms with Crippen molar-refractivity contribution in [2.75, 3.05) is 12.9 Å². The van der Waals surface area contributed by atoms with Crippen molar-refractivity contribution in [2.24, 2.45) is 0 Å². The first-order valence-electron chi connectivity index (χ1n) is 9.82. The van der Waals surface area contributed by atoms with Crippen LogP contribution < -0.4 is 4.74 Å². The zero-order valence-electron chi connectivity index (χ0n) is 18.3. The summed E-state index contributed by atoms with van der Waals surface area (Å²) in [7, 11) is -3.68. The number of Topliss-reactive ketones (excluding diaryl/α,β-unsaturated/α-hetero) is 1. The molecular formula is C23H20F3NO6S. The van der Waals surface area contributed by atoms with Crippen LogP contribution in [0.1, 0.15) is 32.1 Å². The van der Waals surface area contributed by atoms with E-state index >= 15 is 0 Å². The van der Waals surface area contributed by atoms with E-state index in [4.69, 9.17) is 4.74 Å². The Morgan fingerprint density at radius 2 is 1.59 bits per heavy atom. The molecule has 11 heteroatoms. The van der Waals surface area contributed by atoms with Crippen LogP contribution in [0.3, 0.4) is 0 Å². The summed E-state index contributed by atoms with van der Waals surface area (Å²) < 4.78 is 71.5. The maximum atomic E-state index is 12.7. The second kappa shape index (κ2) is 9.34. The summed E-state index contributed by atoms with van der Waals surface area (Å²) in [6, 6.07) is 12.2. The molecule has 0 unspecified atom stereocenters. The number of rotatable bonds is 7. The highest BCUT2D eigenvalue weighted by Gasteiger charge is 2.31. The van der Waals surface area contributed by atoms with Crippen molar-refractivity contribution in [2.45, 2.75) is 25.1 Å². The summed E-state index contributed by atoms with van der Waals surface area (Å²) in [6.45, 7) is 2.72. The second-order valence-corrected chi connectivity index (χ2v) is 9.41. The summed E-state index contributed by atoms with van der Waals surface area (Å²) >= 11 is 0. The number of nitrogens with zero attached hydrogens (tertiary/aromatic N) is 1. The van der Waals surface area contributed by atoms with Gasteiger partial charge < -0.3 is 14.0 Å². The Hall–Kier alpha value is -3.60. The number of halogens is 3. The third-order valence-corrected chi connectivity index (χ3v) is 6.06. The average molecular weight is 495 g/mol. The number of alkyl halides is 3. The van der Waals surface area contributed by atoms with Crippen LogP contribution in [0.25, 0.3) is 5.69 Å². The smallest absolute Gasteiger partial charge is 0.454 e. The van der Waals surface area contributed by atoms with Crippen molar-refractivity contribution in [3.63, 3.8) is 0 Å². The summed E-state index contributed by atoms with van der Waals surface area (Å²) in [4.78, 5) is 25.0. The molecule has 3 aromatic rings. The highest BCUT2D eigenvalue weighted by atomic mass is 32.2. The van der Waals surface area contributed by atoms with Gasteiger partial charge in [0, 0.05) is 28.9 Å². The Morgan fingerprint density at radius 3 is 2.18 bits per heavy atom. The third-order valence-electron chi connectivity index (χ3n) is 4.90. The van der Waals surface area contributed by atoms with Crippen molar-refractivity contribution >= 4 is 21.6 Å². The average Bonchev–Trinajstić information content (AvgIpc) is 3.04. The molecule has 2 aromatic carbocycles. The number of carbonyl (C=O) groups excluding carboxylic acids is 2. The van der Waals surface area contributed by atoms with Crippen molar-refractivity contribution in [3.8, 4) is 11.4 Å². The van der Waals surface area contributed by atoms with Gasteiger partial charge in [-0.15, -0.1) is 13.2 Å². The van der Waals surface area contributed by atoms with Crippen molar-refractivity contribution in [1.82, 2.24) is 4.57 Å². The number of hydrogen-bond donors (Lipinski definition) is 0. The van der Waals surface area contributed by atoms with E-state index in [0.717, 1.165) is 18.4 Å². The zero-order valence-corrected chi connectivity index (χ0v) is 19.2. The third kappa shape index (κ3) is 5.66. The van der Waals surface area contributed by atoms with Crippen LogP contribution in [-0.2, 0) is 14.6 Å². The van der Waals surface area contributed by atoms with Gasteiger partial charge in [0.2, 0.25) is 5.78 Å². The van der Waals surface area contributed by atoms with Crippen LogP contribution in [-0.4, -0.2) is 44.0 Å². The Bertz CT molecular complexity index is 1340. The van der Waals surface area contributed by atoms with Gasteiger partial charge >= 0.3 is 12.3 Å². The van der Waals surface area contributed by atoms with Gasteiger partial charge in [0.15, 0.2) is 16.4 Å². The number of ketones is 1. The Morgan fingerprint density at radius 1 is 0.971 bits per heavy atom. The number of hydrogen-bond acceptors (Lipinski definition) is 6. The monoisotopic (exact) mass is 495 g/mol. The largest absolute Gasteiger partial charge is 0.573 e. The van der Waals surface area contributed by atoms with Gasteiger partial charge in [0.25, 0.3) is 0 Å². The molecule has 3 rings (SSSR count). The van der Waals surface area contributed by atoms with Crippen LogP contribution >= 0.6 is 0 Å². The summed E-state index contributed by atoms with van der Waals surface area (Å²) in [6.07, 6.45) is -3.85. The molecule has 1 heterocycles. The van der Waals surface area contributed by atoms with E-state index in [2.05, 4.69) is 4.74 Å². The highest BCUT2D eigenvalue weighted by molar-refractivity contribution is 7.90. The quantitative estimate of drug-likeness (QED) is 0.356. The molecule has 180 valence electrons. The molecule has 0 fully saturated rings. The maximum absolute atomic E-state index is 12.7. The Labute approximate surface area is 193 Å². The van der Waals surface area contributed by atoms with Crippen molar-refractivity contribution in [3.05, 3.63) is 77.1 Å². The molecule has 0 saturated heterocycles. The van der Waals surface area contributed by atoms with E-state index in [1.165, 1.54) is 36.4 Å². The lowest BCUT2D eigenvalue weighted by Gasteiger charge is -2.12. The van der Waals surface area contributed by atoms with E-state index in [9.17, 15) is 31.2 Å². The lowest BCUT2D eigenvalue weighted by molar-refractivity contribution is -0.274. The summed E-state index contributed by atoms with van der Waals surface area (Å²) in [5.74, 6) is -1.86. The molecule has 0 N–H and O–H groups in total. The molecule has 0 spiro atoms. The van der Waals surface area contributed by atoms with E-state index in [1.807, 2.05) is 0 Å². The topological polar surface area (TPSA) is 91.7 Å². The molecule has 0 radical (unpaired) electrons. The highest BCUT2D eigenvalue weighted by Crippen LogP contribution is 2.26. The fourth-order valence-electron chi connectivity index (χ4n) is 3.48. The van der Waals surface area contributed by atoms with Crippen molar-refractivity contribution < 1.29 is 40.7 Å². The molecule has 0 saturated carbocycles. The predicted octanol–water partition coefficient (Wildman–Crippen LogP) is 4.44. The van der Waals surface area contributed by atoms with Gasteiger partial charge in [-0.2, -0.15) is 0 Å². The standard InChI is InChI=1S/C23H20F3NO6S/c1-14-12-19(15(2)27(14)16-8-10-17(11-9-16)33-23(24,25)26)20(28)13-32-22(29)18-6-4-5-7-21(18)34(3,30)31/h4-12H,13H2,1-3H3. The van der Waals surface area contributed by atoms with Gasteiger partial charge in [-0.25, -0.2) is 13.2 Å². The SMILES string of the molecule is Cc1cc(C(=O)COC(=O)c2ccccc2S(C)(=O)=O)c(C)n1-c1ccc(OC(F)(F)F)cc1. The van der Waals surface area contributed by atoms with Gasteiger partial charge in [0.05, 0.1) is 10.5 Å². The number of carbonyl (C=O) groups is 2. The number of esters is 1. The van der Waals surface area contributed by atoms with Crippen LogP contribution in [0.5, 0.6) is 5.75 Å². The number of sulfone groups is 1. The molecule has 1 aromatic heterocycles. The molecule has 0 aliphatic rings. The molecule has 0 bridgehead atoms. The van der Waals surface area contributed by atoms with Crippen LogP contribution in [0.15, 0.2) is 59.5 Å². The maximum Gasteiger partial charge on any atom is 0.573 e. The minimum absolute atomic E-state index is 0.176. The van der Waals surface area contributed by atoms with Gasteiger partial charge in [-0.3, -0.25) is 4.79 Å². The molecular weight excluding hydrogens is 475 g/mol. The van der Waals surface area contributed by atoms with E-state index in [0.29, 0.717) is 17.1 Å². The number of benzene rings is 2. The Balaban J connectivity index is 1.78. The van der Waals surface area contributed by atoms with Crippen LogP contribution in [0, 0.1) is 13.8 Å². The minimum atomic E-state index is -4.81. The van der Waals surface area contributed by atoms with Gasteiger partial charge in [-0.1, -0.05) is 12.1 Å². The Kier molecular flexibility index (Phi) is 6.87. The molecule has 7 nitrogen and oxygen atoms in total. The first-order chi connectivity index (χ1) is 15.8. The minimum Gasteiger partial charge on any atom is -0.454 e.